The predicted octanol–water partition coefficient (Wildman–Crippen LogP) is 5.26. The Balaban J connectivity index is 1.80. The van der Waals surface area contributed by atoms with E-state index in [9.17, 15) is 0 Å². The van der Waals surface area contributed by atoms with E-state index in [1.807, 2.05) is 24.3 Å². The number of halogens is 1. The second kappa shape index (κ2) is 5.59. The zero-order chi connectivity index (χ0) is 13.9. The fraction of sp³-hybridized carbons (Fsp3) is 0.176. The molecule has 0 saturated heterocycles. The van der Waals surface area contributed by atoms with Crippen LogP contribution in [0, 0.1) is 0 Å². The number of benzene rings is 2. The summed E-state index contributed by atoms with van der Waals surface area (Å²) in [5, 5.41) is 4.91. The van der Waals surface area contributed by atoms with Crippen molar-refractivity contribution in [3.63, 3.8) is 0 Å². The van der Waals surface area contributed by atoms with Gasteiger partial charge in [-0.15, -0.1) is 0 Å². The molecule has 1 heterocycles. The number of rotatable bonds is 4. The maximum Gasteiger partial charge on any atom is 0.199 e. The Morgan fingerprint density at radius 2 is 1.80 bits per heavy atom. The molecule has 1 N–H and O–H groups in total. The third-order valence-corrected chi connectivity index (χ3v) is 3.79. The van der Waals surface area contributed by atoms with Gasteiger partial charge in [0.1, 0.15) is 5.58 Å². The Morgan fingerprint density at radius 1 is 1.05 bits per heavy atom. The topological polar surface area (TPSA) is 25.2 Å². The van der Waals surface area contributed by atoms with Crippen LogP contribution in [0.3, 0.4) is 0 Å². The molecule has 102 valence electrons. The molecule has 2 nitrogen and oxygen atoms in total. The number of hydrogen-bond acceptors (Lipinski definition) is 2. The van der Waals surface area contributed by atoms with E-state index in [2.05, 4.69) is 36.5 Å². The van der Waals surface area contributed by atoms with Gasteiger partial charge >= 0.3 is 0 Å². The van der Waals surface area contributed by atoms with Crippen LogP contribution in [0.4, 0.5) is 5.69 Å². The van der Waals surface area contributed by atoms with Gasteiger partial charge < -0.3 is 9.73 Å². The number of hydrogen-bond donors (Lipinski definition) is 1. The molecular weight excluding hydrogens is 270 g/mol. The Morgan fingerprint density at radius 3 is 2.55 bits per heavy atom. The van der Waals surface area contributed by atoms with Gasteiger partial charge in [-0.1, -0.05) is 37.3 Å². The first-order valence-electron chi connectivity index (χ1n) is 6.76. The second-order valence-corrected chi connectivity index (χ2v) is 5.10. The van der Waals surface area contributed by atoms with Gasteiger partial charge in [-0.05, 0) is 41.8 Å². The molecule has 0 bridgehead atoms. The number of anilines is 1. The highest BCUT2D eigenvalue weighted by Crippen LogP contribution is 2.30. The lowest BCUT2D eigenvalue weighted by atomic mass is 10.1. The first-order valence-corrected chi connectivity index (χ1v) is 7.14. The molecule has 3 rings (SSSR count). The Labute approximate surface area is 123 Å². The van der Waals surface area contributed by atoms with Crippen LogP contribution < -0.4 is 5.32 Å². The van der Waals surface area contributed by atoms with Gasteiger partial charge in [-0.25, -0.2) is 0 Å². The van der Waals surface area contributed by atoms with E-state index < -0.39 is 0 Å². The molecule has 0 amide bonds. The van der Waals surface area contributed by atoms with Crippen LogP contribution in [0.25, 0.3) is 11.0 Å². The van der Waals surface area contributed by atoms with Crippen molar-refractivity contribution in [2.45, 2.75) is 19.9 Å². The third-order valence-electron chi connectivity index (χ3n) is 3.48. The van der Waals surface area contributed by atoms with Crippen molar-refractivity contribution in [2.75, 3.05) is 5.32 Å². The SMILES string of the molecule is CCc1ccc(NCc2c(Cl)oc3ccccc23)cc1. The summed E-state index contributed by atoms with van der Waals surface area (Å²) in [6.07, 6.45) is 1.05. The van der Waals surface area contributed by atoms with Crippen molar-refractivity contribution < 1.29 is 4.42 Å². The van der Waals surface area contributed by atoms with Crippen LogP contribution in [0.1, 0.15) is 18.1 Å². The molecule has 3 aromatic rings. The molecule has 0 radical (unpaired) electrons. The minimum absolute atomic E-state index is 0.462. The predicted molar refractivity (Wildman–Crippen MR) is 84.4 cm³/mol. The zero-order valence-electron chi connectivity index (χ0n) is 11.3. The van der Waals surface area contributed by atoms with Gasteiger partial charge in [-0.3, -0.25) is 0 Å². The quantitative estimate of drug-likeness (QED) is 0.707. The summed E-state index contributed by atoms with van der Waals surface area (Å²) in [6, 6.07) is 16.4. The molecule has 0 aliphatic heterocycles. The van der Waals surface area contributed by atoms with E-state index in [0.717, 1.165) is 28.6 Å². The smallest absolute Gasteiger partial charge is 0.199 e. The summed E-state index contributed by atoms with van der Waals surface area (Å²) < 4.78 is 5.55. The van der Waals surface area contributed by atoms with Crippen molar-refractivity contribution in [1.29, 1.82) is 0 Å². The fourth-order valence-corrected chi connectivity index (χ4v) is 2.53. The summed E-state index contributed by atoms with van der Waals surface area (Å²) in [6.45, 7) is 2.81. The Bertz CT molecular complexity index is 715. The fourth-order valence-electron chi connectivity index (χ4n) is 2.28. The molecule has 0 atom stereocenters. The molecule has 3 heteroatoms. The summed E-state index contributed by atoms with van der Waals surface area (Å²) >= 11 is 6.17. The van der Waals surface area contributed by atoms with Gasteiger partial charge in [0.25, 0.3) is 0 Å². The van der Waals surface area contributed by atoms with Crippen molar-refractivity contribution in [1.82, 2.24) is 0 Å². The monoisotopic (exact) mass is 285 g/mol. The average molecular weight is 286 g/mol. The number of fused-ring (bicyclic) bond motifs is 1. The minimum atomic E-state index is 0.462. The summed E-state index contributed by atoms with van der Waals surface area (Å²) in [5.74, 6) is 0. The molecule has 0 aliphatic rings. The number of nitrogens with one attached hydrogen (secondary N) is 1. The molecule has 0 aliphatic carbocycles. The van der Waals surface area contributed by atoms with Gasteiger partial charge in [0.15, 0.2) is 5.22 Å². The highest BCUT2D eigenvalue weighted by atomic mass is 35.5. The standard InChI is InChI=1S/C17H16ClNO/c1-2-12-7-9-13(10-8-12)19-11-15-14-5-3-4-6-16(14)20-17(15)18/h3-10,19H,2,11H2,1H3. The van der Waals surface area contributed by atoms with E-state index in [-0.39, 0.29) is 0 Å². The van der Waals surface area contributed by atoms with Crippen LogP contribution >= 0.6 is 11.6 Å². The lowest BCUT2D eigenvalue weighted by molar-refractivity contribution is 0.613. The van der Waals surface area contributed by atoms with Crippen LogP contribution in [0.15, 0.2) is 52.9 Å². The maximum absolute atomic E-state index is 6.17. The van der Waals surface area contributed by atoms with E-state index in [1.165, 1.54) is 5.56 Å². The molecule has 1 aromatic heterocycles. The highest BCUT2D eigenvalue weighted by molar-refractivity contribution is 6.30. The molecule has 2 aromatic carbocycles. The molecule has 0 saturated carbocycles. The van der Waals surface area contributed by atoms with E-state index in [4.69, 9.17) is 16.0 Å². The van der Waals surface area contributed by atoms with Crippen molar-refractivity contribution in [3.05, 3.63) is 64.9 Å². The van der Waals surface area contributed by atoms with Gasteiger partial charge in [0, 0.05) is 23.2 Å². The van der Waals surface area contributed by atoms with Crippen LogP contribution in [-0.4, -0.2) is 0 Å². The van der Waals surface area contributed by atoms with Crippen molar-refractivity contribution >= 4 is 28.3 Å². The number of furan rings is 1. The van der Waals surface area contributed by atoms with Crippen LogP contribution in [0.2, 0.25) is 5.22 Å². The lowest BCUT2D eigenvalue weighted by Gasteiger charge is -2.06. The van der Waals surface area contributed by atoms with Crippen molar-refractivity contribution in [2.24, 2.45) is 0 Å². The van der Waals surface area contributed by atoms with Gasteiger partial charge in [-0.2, -0.15) is 0 Å². The van der Waals surface area contributed by atoms with E-state index in [0.29, 0.717) is 11.8 Å². The summed E-state index contributed by atoms with van der Waals surface area (Å²) in [4.78, 5) is 0. The molecule has 0 fully saturated rings. The Kier molecular flexibility index (Phi) is 3.66. The largest absolute Gasteiger partial charge is 0.444 e. The summed E-state index contributed by atoms with van der Waals surface area (Å²) in [5.41, 5.74) is 4.25. The first-order chi connectivity index (χ1) is 9.78. The highest BCUT2D eigenvalue weighted by Gasteiger charge is 2.11. The van der Waals surface area contributed by atoms with E-state index in [1.54, 1.807) is 0 Å². The average Bonchev–Trinajstić information content (AvgIpc) is 2.81. The lowest BCUT2D eigenvalue weighted by Crippen LogP contribution is -1.99. The minimum Gasteiger partial charge on any atom is -0.444 e. The van der Waals surface area contributed by atoms with E-state index >= 15 is 0 Å². The van der Waals surface area contributed by atoms with Crippen LogP contribution in [0.5, 0.6) is 0 Å². The maximum atomic E-state index is 6.17. The second-order valence-electron chi connectivity index (χ2n) is 4.75. The molecule has 0 spiro atoms. The number of aryl methyl sites for hydroxylation is 1. The summed E-state index contributed by atoms with van der Waals surface area (Å²) in [7, 11) is 0. The zero-order valence-corrected chi connectivity index (χ0v) is 12.1. The van der Waals surface area contributed by atoms with Gasteiger partial charge in [0.05, 0.1) is 0 Å². The first kappa shape index (κ1) is 13.1. The number of para-hydroxylation sites is 1. The molecule has 20 heavy (non-hydrogen) atoms. The molecular formula is C17H16ClNO. The Hall–Kier alpha value is -1.93. The van der Waals surface area contributed by atoms with Crippen LogP contribution in [-0.2, 0) is 13.0 Å². The normalized spacial score (nSPS) is 10.9. The van der Waals surface area contributed by atoms with Gasteiger partial charge in [0.2, 0.25) is 0 Å². The van der Waals surface area contributed by atoms with Crippen molar-refractivity contribution in [3.8, 4) is 0 Å². The molecule has 0 unspecified atom stereocenters. The third kappa shape index (κ3) is 2.52.